The van der Waals surface area contributed by atoms with Gasteiger partial charge in [-0.25, -0.2) is 4.79 Å². The van der Waals surface area contributed by atoms with Gasteiger partial charge in [0, 0.05) is 10.1 Å². The number of anilines is 1. The number of halogens is 1. The first-order valence-corrected chi connectivity index (χ1v) is 9.04. The van der Waals surface area contributed by atoms with Crippen LogP contribution < -0.4 is 10.6 Å². The van der Waals surface area contributed by atoms with E-state index in [1.807, 2.05) is 24.3 Å². The molecule has 3 rings (SSSR count). The molecule has 0 aliphatic heterocycles. The molecule has 2 aromatic heterocycles. The minimum atomic E-state index is -0.874. The number of carbonyl (C=O) groups excluding carboxylic acids is 3. The molecule has 0 aliphatic rings. The van der Waals surface area contributed by atoms with Crippen molar-refractivity contribution < 1.29 is 19.1 Å². The Morgan fingerprint density at radius 1 is 1.12 bits per heavy atom. The summed E-state index contributed by atoms with van der Waals surface area (Å²) in [5.41, 5.74) is 0.168. The van der Waals surface area contributed by atoms with Crippen LogP contribution in [-0.2, 0) is 4.74 Å². The van der Waals surface area contributed by atoms with Crippen molar-refractivity contribution in [2.45, 2.75) is 0 Å². The third-order valence-corrected chi connectivity index (χ3v) is 5.78. The van der Waals surface area contributed by atoms with Gasteiger partial charge in [0.1, 0.15) is 9.88 Å². The number of carbonyl (C=O) groups is 3. The van der Waals surface area contributed by atoms with E-state index in [-0.39, 0.29) is 5.56 Å². The number of rotatable bonds is 3. The summed E-state index contributed by atoms with van der Waals surface area (Å²) in [5, 5.41) is 7.85. The Kier molecular flexibility index (Phi) is 5.03. The van der Waals surface area contributed by atoms with Crippen LogP contribution in [0.3, 0.4) is 0 Å². The number of imide groups is 1. The normalized spacial score (nSPS) is 10.5. The first-order chi connectivity index (χ1) is 12.0. The van der Waals surface area contributed by atoms with Crippen LogP contribution in [0.1, 0.15) is 20.0 Å². The van der Waals surface area contributed by atoms with Gasteiger partial charge in [0.2, 0.25) is 0 Å². The van der Waals surface area contributed by atoms with E-state index in [9.17, 15) is 14.4 Å². The van der Waals surface area contributed by atoms with Crippen LogP contribution in [0.4, 0.5) is 9.80 Å². The average Bonchev–Trinajstić information content (AvgIpc) is 3.20. The van der Waals surface area contributed by atoms with Crippen LogP contribution in [0, 0.1) is 0 Å². The topological polar surface area (TPSA) is 84.5 Å². The van der Waals surface area contributed by atoms with E-state index < -0.39 is 17.9 Å². The molecule has 0 fully saturated rings. The molecule has 0 saturated heterocycles. The minimum Gasteiger partial charge on any atom is -0.453 e. The minimum absolute atomic E-state index is 0.168. The lowest BCUT2D eigenvalue weighted by atomic mass is 10.2. The van der Waals surface area contributed by atoms with E-state index in [0.29, 0.717) is 14.9 Å². The highest BCUT2D eigenvalue weighted by Crippen LogP contribution is 2.36. The predicted octanol–water partition coefficient (Wildman–Crippen LogP) is 4.36. The number of methoxy groups -OCH3 is 1. The lowest BCUT2D eigenvalue weighted by Gasteiger charge is -2.05. The van der Waals surface area contributed by atoms with Crippen molar-refractivity contribution >= 4 is 67.3 Å². The number of hydrogen-bond donors (Lipinski definition) is 2. The monoisotopic (exact) mass is 394 g/mol. The molecule has 25 heavy (non-hydrogen) atoms. The molecule has 0 saturated carbocycles. The molecule has 2 N–H and O–H groups in total. The zero-order valence-corrected chi connectivity index (χ0v) is 15.2. The molecule has 2 heterocycles. The molecule has 0 aliphatic carbocycles. The first-order valence-electron chi connectivity index (χ1n) is 6.96. The van der Waals surface area contributed by atoms with Gasteiger partial charge in [0.05, 0.1) is 17.7 Å². The number of benzene rings is 1. The first kappa shape index (κ1) is 17.4. The molecular formula is C16H11ClN2O4S2. The second-order valence-electron chi connectivity index (χ2n) is 4.80. The van der Waals surface area contributed by atoms with Gasteiger partial charge in [-0.2, -0.15) is 0 Å². The van der Waals surface area contributed by atoms with E-state index in [0.717, 1.165) is 28.5 Å². The zero-order chi connectivity index (χ0) is 18.0. The second kappa shape index (κ2) is 7.22. The maximum absolute atomic E-state index is 12.6. The van der Waals surface area contributed by atoms with Crippen LogP contribution in [0.5, 0.6) is 0 Å². The van der Waals surface area contributed by atoms with Gasteiger partial charge in [-0.1, -0.05) is 29.8 Å². The molecule has 0 unspecified atom stereocenters. The third-order valence-electron chi connectivity index (χ3n) is 3.28. The van der Waals surface area contributed by atoms with Crippen molar-refractivity contribution in [3.8, 4) is 0 Å². The summed E-state index contributed by atoms with van der Waals surface area (Å²) in [4.78, 5) is 36.1. The number of hydrogen-bond acceptors (Lipinski definition) is 6. The van der Waals surface area contributed by atoms with Gasteiger partial charge in [0.25, 0.3) is 11.8 Å². The lowest BCUT2D eigenvalue weighted by molar-refractivity contribution is 0.0938. The standard InChI is InChI=1S/C16H11ClN2O4S2/c1-23-16(22)19-13(20)9-6-7-24-15(9)18-14(21)12-11(17)8-4-2-3-5-10(8)25-12/h2-7H,1H3,(H,18,21)(H,19,20,22). The molecule has 0 radical (unpaired) electrons. The summed E-state index contributed by atoms with van der Waals surface area (Å²) in [7, 11) is 1.16. The van der Waals surface area contributed by atoms with Gasteiger partial charge < -0.3 is 10.1 Å². The highest BCUT2D eigenvalue weighted by molar-refractivity contribution is 7.22. The van der Waals surface area contributed by atoms with Crippen LogP contribution in [0.25, 0.3) is 10.1 Å². The SMILES string of the molecule is COC(=O)NC(=O)c1ccsc1NC(=O)c1sc2ccccc2c1Cl. The Labute approximate surface area is 155 Å². The molecule has 3 aromatic rings. The summed E-state index contributed by atoms with van der Waals surface area (Å²) in [6, 6.07) is 8.93. The average molecular weight is 395 g/mol. The molecular weight excluding hydrogens is 384 g/mol. The summed E-state index contributed by atoms with van der Waals surface area (Å²) in [6.45, 7) is 0. The van der Waals surface area contributed by atoms with E-state index in [1.54, 1.807) is 5.38 Å². The molecule has 1 aromatic carbocycles. The van der Waals surface area contributed by atoms with Crippen LogP contribution in [-0.4, -0.2) is 25.0 Å². The Hall–Kier alpha value is -2.42. The third kappa shape index (κ3) is 3.51. The summed E-state index contributed by atoms with van der Waals surface area (Å²) < 4.78 is 5.28. The Balaban J connectivity index is 1.84. The van der Waals surface area contributed by atoms with E-state index >= 15 is 0 Å². The number of fused-ring (bicyclic) bond motifs is 1. The van der Waals surface area contributed by atoms with Crippen molar-refractivity contribution in [1.82, 2.24) is 5.32 Å². The highest BCUT2D eigenvalue weighted by atomic mass is 35.5. The maximum atomic E-state index is 12.6. The van der Waals surface area contributed by atoms with Crippen molar-refractivity contribution in [3.63, 3.8) is 0 Å². The Bertz CT molecular complexity index is 980. The fraction of sp³-hybridized carbons (Fsp3) is 0.0625. The van der Waals surface area contributed by atoms with Crippen molar-refractivity contribution in [2.75, 3.05) is 12.4 Å². The number of thiophene rings is 2. The van der Waals surface area contributed by atoms with Gasteiger partial charge in [-0.05, 0) is 17.5 Å². The van der Waals surface area contributed by atoms with Crippen molar-refractivity contribution in [2.24, 2.45) is 0 Å². The maximum Gasteiger partial charge on any atom is 0.413 e. The van der Waals surface area contributed by atoms with Crippen LogP contribution in [0.2, 0.25) is 5.02 Å². The molecule has 0 spiro atoms. The second-order valence-corrected chi connectivity index (χ2v) is 7.15. The molecule has 6 nitrogen and oxygen atoms in total. The number of ether oxygens (including phenoxy) is 1. The van der Waals surface area contributed by atoms with E-state index in [4.69, 9.17) is 11.6 Å². The predicted molar refractivity (Wildman–Crippen MR) is 99.0 cm³/mol. The summed E-state index contributed by atoms with van der Waals surface area (Å²) >= 11 is 8.73. The van der Waals surface area contributed by atoms with Crippen LogP contribution >= 0.6 is 34.3 Å². The summed E-state index contributed by atoms with van der Waals surface area (Å²) in [6.07, 6.45) is -0.874. The zero-order valence-electron chi connectivity index (χ0n) is 12.8. The Morgan fingerprint density at radius 2 is 1.88 bits per heavy atom. The van der Waals surface area contributed by atoms with Gasteiger partial charge in [-0.3, -0.25) is 14.9 Å². The van der Waals surface area contributed by atoms with Gasteiger partial charge in [0.15, 0.2) is 0 Å². The molecule has 3 amide bonds. The van der Waals surface area contributed by atoms with Crippen LogP contribution in [0.15, 0.2) is 35.7 Å². The fourth-order valence-corrected chi connectivity index (χ4v) is 4.31. The van der Waals surface area contributed by atoms with Gasteiger partial charge >= 0.3 is 6.09 Å². The summed E-state index contributed by atoms with van der Waals surface area (Å²) in [5.74, 6) is -1.08. The van der Waals surface area contributed by atoms with E-state index in [1.165, 1.54) is 17.4 Å². The molecule has 9 heteroatoms. The molecule has 128 valence electrons. The lowest BCUT2D eigenvalue weighted by Crippen LogP contribution is -2.30. The number of nitrogens with one attached hydrogen (secondary N) is 2. The Morgan fingerprint density at radius 3 is 2.60 bits per heavy atom. The van der Waals surface area contributed by atoms with Crippen molar-refractivity contribution in [3.05, 3.63) is 51.2 Å². The fourth-order valence-electron chi connectivity index (χ4n) is 2.12. The number of amides is 3. The largest absolute Gasteiger partial charge is 0.453 e. The van der Waals surface area contributed by atoms with Gasteiger partial charge in [-0.15, -0.1) is 22.7 Å². The molecule has 0 atom stereocenters. The highest BCUT2D eigenvalue weighted by Gasteiger charge is 2.21. The quantitative estimate of drug-likeness (QED) is 0.691. The number of alkyl carbamates (subject to hydrolysis) is 1. The smallest absolute Gasteiger partial charge is 0.413 e. The molecule has 0 bridgehead atoms. The van der Waals surface area contributed by atoms with E-state index in [2.05, 4.69) is 15.4 Å². The van der Waals surface area contributed by atoms with Crippen molar-refractivity contribution in [1.29, 1.82) is 0 Å².